The fourth-order valence-electron chi connectivity index (χ4n) is 2.68. The van der Waals surface area contributed by atoms with Gasteiger partial charge in [0.15, 0.2) is 5.82 Å². The predicted octanol–water partition coefficient (Wildman–Crippen LogP) is 4.03. The van der Waals surface area contributed by atoms with Crippen LogP contribution in [0.2, 0.25) is 0 Å². The van der Waals surface area contributed by atoms with Gasteiger partial charge in [0.1, 0.15) is 5.82 Å². The summed E-state index contributed by atoms with van der Waals surface area (Å²) in [4.78, 5) is 1.23. The fourth-order valence-corrected chi connectivity index (χ4v) is 3.83. The van der Waals surface area contributed by atoms with Gasteiger partial charge in [0.05, 0.1) is 16.9 Å². The molecular formula is C14H17BrN4S. The van der Waals surface area contributed by atoms with Crippen LogP contribution in [0.5, 0.6) is 0 Å². The Hall–Kier alpha value is -1.01. The van der Waals surface area contributed by atoms with E-state index in [9.17, 15) is 0 Å². The lowest BCUT2D eigenvalue weighted by atomic mass is 9.98. The predicted molar refractivity (Wildman–Crippen MR) is 87.0 cm³/mol. The van der Waals surface area contributed by atoms with Crippen LogP contribution in [0, 0.1) is 13.8 Å². The van der Waals surface area contributed by atoms with E-state index in [0.717, 1.165) is 21.8 Å². The van der Waals surface area contributed by atoms with Gasteiger partial charge in [-0.3, -0.25) is 4.57 Å². The minimum Gasteiger partial charge on any atom is -0.370 e. The molecule has 0 saturated heterocycles. The number of nitrogens with zero attached hydrogens (tertiary/aromatic N) is 3. The van der Waals surface area contributed by atoms with Crippen molar-refractivity contribution >= 4 is 33.4 Å². The van der Waals surface area contributed by atoms with Crippen LogP contribution in [-0.2, 0) is 5.54 Å². The molecule has 6 heteroatoms. The van der Waals surface area contributed by atoms with Gasteiger partial charge in [-0.05, 0) is 45.6 Å². The molecule has 1 N–H and O–H groups in total. The van der Waals surface area contributed by atoms with Crippen molar-refractivity contribution in [1.82, 2.24) is 14.8 Å². The Bertz CT molecular complexity index is 706. The number of hydrogen-bond donors (Lipinski definition) is 1. The summed E-state index contributed by atoms with van der Waals surface area (Å²) in [5.74, 6) is 1.87. The first kappa shape index (κ1) is 13.9. The molecule has 3 rings (SSSR count). The quantitative estimate of drug-likeness (QED) is 0.786. The van der Waals surface area contributed by atoms with Gasteiger partial charge in [0.2, 0.25) is 0 Å². The SMILES string of the molecule is CSc1cc(Br)c(C)c2c1NC(C)(C)c1nnc(C)n1-2. The summed E-state index contributed by atoms with van der Waals surface area (Å²) in [5, 5.41) is 12.3. The molecule has 1 aromatic carbocycles. The van der Waals surface area contributed by atoms with Crippen molar-refractivity contribution in [3.63, 3.8) is 0 Å². The zero-order chi connectivity index (χ0) is 14.7. The molecule has 4 nitrogen and oxygen atoms in total. The number of halogens is 1. The Balaban J connectivity index is 2.43. The standard InChI is InChI=1S/C14H17BrN4S/c1-7-9(15)6-10(20-5)11-12(7)19-8(2)17-18-13(19)14(3,4)16-11/h6,16H,1-5H3. The molecule has 0 bridgehead atoms. The number of anilines is 1. The topological polar surface area (TPSA) is 42.7 Å². The maximum absolute atomic E-state index is 4.36. The van der Waals surface area contributed by atoms with Gasteiger partial charge in [-0.15, -0.1) is 22.0 Å². The number of benzene rings is 1. The first-order valence-electron chi connectivity index (χ1n) is 6.45. The molecule has 2 aromatic rings. The Morgan fingerprint density at radius 2 is 2.00 bits per heavy atom. The number of nitrogens with one attached hydrogen (secondary N) is 1. The van der Waals surface area contributed by atoms with Crippen LogP contribution < -0.4 is 5.32 Å². The summed E-state index contributed by atoms with van der Waals surface area (Å²) >= 11 is 5.41. The summed E-state index contributed by atoms with van der Waals surface area (Å²) in [7, 11) is 0. The molecule has 0 amide bonds. The summed E-state index contributed by atoms with van der Waals surface area (Å²) in [6, 6.07) is 2.17. The third-order valence-corrected chi connectivity index (χ3v) is 5.30. The average Bonchev–Trinajstić information content (AvgIpc) is 2.77. The summed E-state index contributed by atoms with van der Waals surface area (Å²) < 4.78 is 3.28. The van der Waals surface area contributed by atoms with Gasteiger partial charge in [-0.1, -0.05) is 15.9 Å². The molecular weight excluding hydrogens is 336 g/mol. The first-order chi connectivity index (χ1) is 9.36. The van der Waals surface area contributed by atoms with E-state index in [-0.39, 0.29) is 5.54 Å². The zero-order valence-electron chi connectivity index (χ0n) is 12.2. The van der Waals surface area contributed by atoms with Crippen molar-refractivity contribution in [2.75, 3.05) is 11.6 Å². The van der Waals surface area contributed by atoms with E-state index < -0.39 is 0 Å². The van der Waals surface area contributed by atoms with Gasteiger partial charge >= 0.3 is 0 Å². The second-order valence-electron chi connectivity index (χ2n) is 5.57. The van der Waals surface area contributed by atoms with Gasteiger partial charge in [0.25, 0.3) is 0 Å². The number of fused-ring (bicyclic) bond motifs is 3. The second kappa shape index (κ2) is 4.49. The number of hydrogen-bond acceptors (Lipinski definition) is 4. The van der Waals surface area contributed by atoms with E-state index in [1.54, 1.807) is 11.8 Å². The van der Waals surface area contributed by atoms with Gasteiger partial charge in [-0.25, -0.2) is 0 Å². The second-order valence-corrected chi connectivity index (χ2v) is 7.27. The van der Waals surface area contributed by atoms with Crippen molar-refractivity contribution in [3.05, 3.63) is 27.8 Å². The molecule has 0 radical (unpaired) electrons. The fraction of sp³-hybridized carbons (Fsp3) is 0.429. The van der Waals surface area contributed by atoms with Crippen molar-refractivity contribution in [3.8, 4) is 5.69 Å². The Kier molecular flexibility index (Phi) is 3.14. The maximum Gasteiger partial charge on any atom is 0.162 e. The summed E-state index contributed by atoms with van der Waals surface area (Å²) in [6.45, 7) is 8.39. The van der Waals surface area contributed by atoms with Crippen LogP contribution in [0.25, 0.3) is 5.69 Å². The van der Waals surface area contributed by atoms with Crippen molar-refractivity contribution in [1.29, 1.82) is 0 Å². The maximum atomic E-state index is 4.36. The molecule has 0 spiro atoms. The third kappa shape index (κ3) is 1.81. The third-order valence-electron chi connectivity index (χ3n) is 3.72. The van der Waals surface area contributed by atoms with E-state index in [4.69, 9.17) is 0 Å². The molecule has 20 heavy (non-hydrogen) atoms. The number of aromatic nitrogens is 3. The largest absolute Gasteiger partial charge is 0.370 e. The van der Waals surface area contributed by atoms with Crippen LogP contribution in [0.4, 0.5) is 5.69 Å². The van der Waals surface area contributed by atoms with E-state index in [2.05, 4.69) is 69.1 Å². The zero-order valence-corrected chi connectivity index (χ0v) is 14.6. The molecule has 0 saturated carbocycles. The van der Waals surface area contributed by atoms with E-state index in [0.29, 0.717) is 0 Å². The molecule has 0 atom stereocenters. The Labute approximate surface area is 131 Å². The number of rotatable bonds is 1. The van der Waals surface area contributed by atoms with Crippen molar-refractivity contribution in [2.24, 2.45) is 0 Å². The molecule has 1 aliphatic rings. The first-order valence-corrected chi connectivity index (χ1v) is 8.46. The Morgan fingerprint density at radius 3 is 2.65 bits per heavy atom. The van der Waals surface area contributed by atoms with Gasteiger partial charge < -0.3 is 5.32 Å². The van der Waals surface area contributed by atoms with E-state index >= 15 is 0 Å². The molecule has 1 aliphatic heterocycles. The smallest absolute Gasteiger partial charge is 0.162 e. The van der Waals surface area contributed by atoms with Gasteiger partial charge in [0, 0.05) is 9.37 Å². The molecule has 1 aromatic heterocycles. The average molecular weight is 353 g/mol. The minimum absolute atomic E-state index is 0.237. The van der Waals surface area contributed by atoms with Crippen molar-refractivity contribution in [2.45, 2.75) is 38.1 Å². The number of aryl methyl sites for hydroxylation is 1. The highest BCUT2D eigenvalue weighted by molar-refractivity contribution is 9.10. The summed E-state index contributed by atoms with van der Waals surface area (Å²) in [5.41, 5.74) is 3.28. The Morgan fingerprint density at radius 1 is 1.30 bits per heavy atom. The van der Waals surface area contributed by atoms with Crippen molar-refractivity contribution < 1.29 is 0 Å². The molecule has 2 heterocycles. The van der Waals surface area contributed by atoms with Gasteiger partial charge in [-0.2, -0.15) is 0 Å². The van der Waals surface area contributed by atoms with Crippen LogP contribution in [0.15, 0.2) is 15.4 Å². The molecule has 0 aliphatic carbocycles. The van der Waals surface area contributed by atoms with E-state index in [1.807, 2.05) is 6.92 Å². The highest BCUT2D eigenvalue weighted by Gasteiger charge is 2.36. The normalized spacial score (nSPS) is 15.5. The van der Waals surface area contributed by atoms with E-state index in [1.165, 1.54) is 16.1 Å². The molecule has 0 unspecified atom stereocenters. The highest BCUT2D eigenvalue weighted by atomic mass is 79.9. The monoisotopic (exact) mass is 352 g/mol. The molecule has 106 valence electrons. The lowest BCUT2D eigenvalue weighted by Crippen LogP contribution is -2.36. The highest BCUT2D eigenvalue weighted by Crippen LogP contribution is 2.45. The lowest BCUT2D eigenvalue weighted by Gasteiger charge is -2.36. The van der Waals surface area contributed by atoms with Crippen LogP contribution in [0.3, 0.4) is 0 Å². The molecule has 0 fully saturated rings. The summed E-state index contributed by atoms with van der Waals surface area (Å²) in [6.07, 6.45) is 2.10. The minimum atomic E-state index is -0.237. The van der Waals surface area contributed by atoms with Crippen LogP contribution in [0.1, 0.15) is 31.1 Å². The van der Waals surface area contributed by atoms with Crippen LogP contribution >= 0.6 is 27.7 Å². The number of thioether (sulfide) groups is 1. The van der Waals surface area contributed by atoms with Crippen LogP contribution in [-0.4, -0.2) is 21.0 Å². The lowest BCUT2D eigenvalue weighted by molar-refractivity contribution is 0.532.